The van der Waals surface area contributed by atoms with Crippen LogP contribution in [0.3, 0.4) is 0 Å². The fourth-order valence-electron chi connectivity index (χ4n) is 3.68. The Kier molecular flexibility index (Phi) is 22.0. The second kappa shape index (κ2) is 22.0. The van der Waals surface area contributed by atoms with Gasteiger partial charge in [0.1, 0.15) is 19.6 Å². The van der Waals surface area contributed by atoms with E-state index < -0.39 is 0 Å². The molecule has 0 aromatic rings. The molecule has 151 valence electrons. The van der Waals surface area contributed by atoms with Crippen LogP contribution in [0.5, 0.6) is 0 Å². The largest absolute Gasteiger partial charge is 0.170 e. The topological polar surface area (TPSA) is 5.90 Å². The van der Waals surface area contributed by atoms with E-state index in [4.69, 9.17) is 0 Å². The van der Waals surface area contributed by atoms with Gasteiger partial charge in [0, 0.05) is 19.3 Å². The lowest BCUT2D eigenvalue weighted by atomic mass is 10.1. The molecule has 0 rings (SSSR count). The van der Waals surface area contributed by atoms with Gasteiger partial charge in [0.15, 0.2) is 0 Å². The first-order chi connectivity index (χ1) is 12.3. The third-order valence-electron chi connectivity index (χ3n) is 5.48. The van der Waals surface area contributed by atoms with Crippen molar-refractivity contribution in [1.82, 2.24) is 4.90 Å². The fraction of sp³-hybridized carbons (Fsp3) is 1.00. The van der Waals surface area contributed by atoms with Gasteiger partial charge >= 0.3 is 0 Å². The minimum absolute atomic E-state index is 1.36. The molecule has 0 saturated carbocycles. The summed E-state index contributed by atoms with van der Waals surface area (Å²) in [5.41, 5.74) is 0. The van der Waals surface area contributed by atoms with Gasteiger partial charge in [-0.25, -0.2) is 0 Å². The maximum Gasteiger partial charge on any atom is 0.122 e. The average Bonchev–Trinajstić information content (AvgIpc) is 2.63. The highest BCUT2D eigenvalue weighted by Gasteiger charge is 2.13. The number of nitrogens with zero attached hydrogens (tertiary/aromatic N) is 1. The van der Waals surface area contributed by atoms with Crippen LogP contribution in [0.1, 0.15) is 136 Å². The maximum absolute atomic E-state index is 2.79. The van der Waals surface area contributed by atoms with Crippen LogP contribution in [0.15, 0.2) is 0 Å². The molecule has 0 heterocycles. The Morgan fingerprint density at radius 1 is 0.320 bits per heavy atom. The second-order valence-electron chi connectivity index (χ2n) is 8.14. The van der Waals surface area contributed by atoms with Crippen LogP contribution in [0, 0.1) is 0 Å². The molecule has 0 N–H and O–H groups in total. The quantitative estimate of drug-likeness (QED) is 0.145. The zero-order valence-electron chi connectivity index (χ0n) is 18.3. The summed E-state index contributed by atoms with van der Waals surface area (Å²) in [7, 11) is 0. The van der Waals surface area contributed by atoms with Crippen LogP contribution in [-0.2, 0) is 0 Å². The molecule has 1 radical (unpaired) electrons. The standard InChI is InChI=1S/C24H51N/c1-4-7-10-13-16-19-22-25(23-20-17-14-11-8-5-2)24-21-18-15-12-9-6-3/h4-24H2,1-3H3/q+1. The summed E-state index contributed by atoms with van der Waals surface area (Å²) in [4.78, 5) is 2.79. The van der Waals surface area contributed by atoms with E-state index in [1.54, 1.807) is 0 Å². The highest BCUT2D eigenvalue weighted by atomic mass is 15.1. The van der Waals surface area contributed by atoms with Gasteiger partial charge in [0.25, 0.3) is 0 Å². The summed E-state index contributed by atoms with van der Waals surface area (Å²) in [5.74, 6) is 0. The minimum atomic E-state index is 1.36. The Labute approximate surface area is 161 Å². The number of unbranched alkanes of at least 4 members (excludes halogenated alkanes) is 15. The number of hydrogen-bond acceptors (Lipinski definition) is 1. The Balaban J connectivity index is 3.76. The van der Waals surface area contributed by atoms with Crippen molar-refractivity contribution in [2.24, 2.45) is 0 Å². The molecule has 0 aromatic heterocycles. The van der Waals surface area contributed by atoms with Crippen molar-refractivity contribution in [3.63, 3.8) is 0 Å². The molecule has 0 aliphatic rings. The fourth-order valence-corrected chi connectivity index (χ4v) is 3.68. The summed E-state index contributed by atoms with van der Waals surface area (Å²) in [6.07, 6.45) is 25.7. The first kappa shape index (κ1) is 25.0. The van der Waals surface area contributed by atoms with Gasteiger partial charge in [0.2, 0.25) is 0 Å². The van der Waals surface area contributed by atoms with Crippen molar-refractivity contribution in [1.29, 1.82) is 0 Å². The lowest BCUT2D eigenvalue weighted by Crippen LogP contribution is -2.33. The minimum Gasteiger partial charge on any atom is -0.170 e. The first-order valence-corrected chi connectivity index (χ1v) is 12.1. The molecule has 0 aliphatic heterocycles. The molecule has 0 atom stereocenters. The number of rotatable bonds is 21. The molecule has 0 aromatic carbocycles. The lowest BCUT2D eigenvalue weighted by Gasteiger charge is -2.13. The molecular weight excluding hydrogens is 302 g/mol. The Bertz CT molecular complexity index is 188. The van der Waals surface area contributed by atoms with Crippen LogP contribution in [0.25, 0.3) is 0 Å². The number of hydrogen-bond donors (Lipinski definition) is 0. The highest BCUT2D eigenvalue weighted by Crippen LogP contribution is 2.10. The zero-order valence-corrected chi connectivity index (χ0v) is 18.3. The van der Waals surface area contributed by atoms with E-state index in [1.165, 1.54) is 135 Å². The van der Waals surface area contributed by atoms with Gasteiger partial charge in [-0.15, -0.1) is 0 Å². The summed E-state index contributed by atoms with van der Waals surface area (Å²) >= 11 is 0. The van der Waals surface area contributed by atoms with Crippen molar-refractivity contribution in [3.05, 3.63) is 0 Å². The average molecular weight is 354 g/mol. The predicted molar refractivity (Wildman–Crippen MR) is 117 cm³/mol. The Morgan fingerprint density at radius 2 is 0.560 bits per heavy atom. The smallest absolute Gasteiger partial charge is 0.122 e. The van der Waals surface area contributed by atoms with E-state index in [2.05, 4.69) is 25.7 Å². The second-order valence-corrected chi connectivity index (χ2v) is 8.14. The van der Waals surface area contributed by atoms with Crippen molar-refractivity contribution < 1.29 is 0 Å². The summed E-state index contributed by atoms with van der Waals surface area (Å²) < 4.78 is 0. The van der Waals surface area contributed by atoms with Crippen LogP contribution in [-0.4, -0.2) is 19.6 Å². The first-order valence-electron chi connectivity index (χ1n) is 12.1. The van der Waals surface area contributed by atoms with Crippen molar-refractivity contribution in [2.75, 3.05) is 19.6 Å². The van der Waals surface area contributed by atoms with Crippen LogP contribution in [0.4, 0.5) is 0 Å². The molecule has 0 saturated heterocycles. The summed E-state index contributed by atoms with van der Waals surface area (Å²) in [6, 6.07) is 0. The molecule has 0 aliphatic carbocycles. The molecular formula is C24H51N+. The van der Waals surface area contributed by atoms with E-state index in [9.17, 15) is 0 Å². The summed E-state index contributed by atoms with van der Waals surface area (Å²) in [5, 5.41) is 0. The van der Waals surface area contributed by atoms with Crippen molar-refractivity contribution >= 4 is 0 Å². The molecule has 0 spiro atoms. The zero-order chi connectivity index (χ0) is 18.4. The molecule has 0 amide bonds. The van der Waals surface area contributed by atoms with Gasteiger partial charge in [-0.2, -0.15) is 4.90 Å². The summed E-state index contributed by atoms with van der Waals surface area (Å²) in [6.45, 7) is 11.0. The molecule has 1 heteroatoms. The molecule has 0 fully saturated rings. The normalized spacial score (nSPS) is 11.5. The third-order valence-corrected chi connectivity index (χ3v) is 5.48. The van der Waals surface area contributed by atoms with E-state index in [1.807, 2.05) is 0 Å². The Hall–Kier alpha value is -0.0400. The molecule has 25 heavy (non-hydrogen) atoms. The van der Waals surface area contributed by atoms with Gasteiger partial charge in [-0.05, 0) is 19.3 Å². The van der Waals surface area contributed by atoms with E-state index in [0.717, 1.165) is 0 Å². The van der Waals surface area contributed by atoms with Crippen LogP contribution >= 0.6 is 0 Å². The van der Waals surface area contributed by atoms with E-state index >= 15 is 0 Å². The Morgan fingerprint density at radius 3 is 0.840 bits per heavy atom. The van der Waals surface area contributed by atoms with Gasteiger partial charge in [-0.1, -0.05) is 97.8 Å². The van der Waals surface area contributed by atoms with E-state index in [0.29, 0.717) is 0 Å². The highest BCUT2D eigenvalue weighted by molar-refractivity contribution is 4.65. The lowest BCUT2D eigenvalue weighted by molar-refractivity contribution is 0.367. The van der Waals surface area contributed by atoms with Gasteiger partial charge < -0.3 is 0 Å². The predicted octanol–water partition coefficient (Wildman–Crippen LogP) is 8.21. The molecule has 0 unspecified atom stereocenters. The monoisotopic (exact) mass is 353 g/mol. The SMILES string of the molecule is CCCCCCCC[N+](CCCCCCCC)CCCCCCCC. The van der Waals surface area contributed by atoms with Gasteiger partial charge in [0.05, 0.1) is 0 Å². The third kappa shape index (κ3) is 20.1. The molecule has 0 bridgehead atoms. The van der Waals surface area contributed by atoms with Crippen molar-refractivity contribution in [2.45, 2.75) is 136 Å². The van der Waals surface area contributed by atoms with Crippen LogP contribution < -0.4 is 4.90 Å². The van der Waals surface area contributed by atoms with Crippen LogP contribution in [0.2, 0.25) is 0 Å². The maximum atomic E-state index is 2.79. The molecule has 1 nitrogen and oxygen atoms in total. The van der Waals surface area contributed by atoms with Gasteiger partial charge in [-0.3, -0.25) is 0 Å². The van der Waals surface area contributed by atoms with E-state index in [-0.39, 0.29) is 0 Å². The van der Waals surface area contributed by atoms with Crippen molar-refractivity contribution in [3.8, 4) is 0 Å².